The van der Waals surface area contributed by atoms with Gasteiger partial charge in [-0.05, 0) is 31.2 Å². The van der Waals surface area contributed by atoms with Crippen molar-refractivity contribution in [2.45, 2.75) is 19.5 Å². The zero-order valence-corrected chi connectivity index (χ0v) is 13.6. The van der Waals surface area contributed by atoms with E-state index in [2.05, 4.69) is 15.6 Å². The van der Waals surface area contributed by atoms with Gasteiger partial charge in [-0.2, -0.15) is 13.2 Å². The average Bonchev–Trinajstić information content (AvgIpc) is 2.53. The van der Waals surface area contributed by atoms with Gasteiger partial charge < -0.3 is 10.6 Å². The number of anilines is 2. The molecule has 7 nitrogen and oxygen atoms in total. The number of nitrogens with zero attached hydrogens (tertiary/aromatic N) is 2. The Labute approximate surface area is 146 Å². The molecule has 0 unspecified atom stereocenters. The van der Waals surface area contributed by atoms with E-state index in [9.17, 15) is 28.1 Å². The molecule has 0 aliphatic carbocycles. The van der Waals surface area contributed by atoms with Crippen LogP contribution in [-0.4, -0.2) is 22.4 Å². The molecule has 0 bridgehead atoms. The van der Waals surface area contributed by atoms with Crippen LogP contribution in [0, 0.1) is 17.0 Å². The van der Waals surface area contributed by atoms with Crippen LogP contribution >= 0.6 is 0 Å². The van der Waals surface area contributed by atoms with Gasteiger partial charge in [-0.3, -0.25) is 19.9 Å². The quantitative estimate of drug-likeness (QED) is 0.598. The maximum atomic E-state index is 12.7. The highest BCUT2D eigenvalue weighted by molar-refractivity contribution is 5.91. The highest BCUT2D eigenvalue weighted by Crippen LogP contribution is 2.34. The van der Waals surface area contributed by atoms with Crippen LogP contribution in [0.15, 0.2) is 36.5 Å². The summed E-state index contributed by atoms with van der Waals surface area (Å²) in [5, 5.41) is 16.2. The predicted octanol–water partition coefficient (Wildman–Crippen LogP) is 3.76. The lowest BCUT2D eigenvalue weighted by atomic mass is 10.1. The molecule has 0 atom stereocenters. The third-order valence-electron chi connectivity index (χ3n) is 3.37. The van der Waals surface area contributed by atoms with Gasteiger partial charge in [0.15, 0.2) is 0 Å². The Bertz CT molecular complexity index is 825. The minimum atomic E-state index is -4.67. The smallest absolute Gasteiger partial charge is 0.379 e. The zero-order valence-electron chi connectivity index (χ0n) is 13.6. The Morgan fingerprint density at radius 1 is 1.27 bits per heavy atom. The van der Waals surface area contributed by atoms with Crippen molar-refractivity contribution in [2.75, 3.05) is 17.2 Å². The molecule has 0 saturated heterocycles. The van der Waals surface area contributed by atoms with E-state index in [-0.39, 0.29) is 24.6 Å². The zero-order chi connectivity index (χ0) is 19.3. The van der Waals surface area contributed by atoms with E-state index in [1.165, 1.54) is 6.20 Å². The van der Waals surface area contributed by atoms with Crippen LogP contribution < -0.4 is 10.6 Å². The molecule has 2 aromatic rings. The number of hydrogen-bond acceptors (Lipinski definition) is 5. The van der Waals surface area contributed by atoms with Gasteiger partial charge in [0.05, 0.1) is 10.5 Å². The van der Waals surface area contributed by atoms with Gasteiger partial charge in [-0.15, -0.1) is 0 Å². The molecule has 138 valence electrons. The summed E-state index contributed by atoms with van der Waals surface area (Å²) in [5.74, 6) is -0.349. The molecule has 2 rings (SSSR count). The van der Waals surface area contributed by atoms with Gasteiger partial charge >= 0.3 is 6.18 Å². The molecular formula is C16H15F3N4O3. The van der Waals surface area contributed by atoms with Crippen molar-refractivity contribution in [1.82, 2.24) is 4.98 Å². The van der Waals surface area contributed by atoms with E-state index in [1.54, 1.807) is 19.1 Å². The maximum Gasteiger partial charge on any atom is 0.416 e. The topological polar surface area (TPSA) is 97.2 Å². The molecule has 0 saturated carbocycles. The lowest BCUT2D eigenvalue weighted by molar-refractivity contribution is -0.384. The van der Waals surface area contributed by atoms with Crippen LogP contribution in [0.5, 0.6) is 0 Å². The molecule has 26 heavy (non-hydrogen) atoms. The first-order chi connectivity index (χ1) is 12.2. The standard InChI is InChI=1S/C16H15F3N4O3/c1-10-8-12(4-6-20-10)22-15(24)5-7-21-13-3-2-11(16(17,18)19)9-14(13)23(25)26/h2-4,6,8-9,21H,5,7H2,1H3,(H,20,22,24). The summed E-state index contributed by atoms with van der Waals surface area (Å²) in [5.41, 5.74) is -0.620. The number of aryl methyl sites for hydroxylation is 1. The predicted molar refractivity (Wildman–Crippen MR) is 88.8 cm³/mol. The summed E-state index contributed by atoms with van der Waals surface area (Å²) >= 11 is 0. The fourth-order valence-electron chi connectivity index (χ4n) is 2.17. The molecule has 1 aromatic heterocycles. The van der Waals surface area contributed by atoms with E-state index in [4.69, 9.17) is 0 Å². The molecule has 0 spiro atoms. The Morgan fingerprint density at radius 2 is 2.00 bits per heavy atom. The van der Waals surface area contributed by atoms with Gasteiger partial charge in [-0.1, -0.05) is 0 Å². The summed E-state index contributed by atoms with van der Waals surface area (Å²) < 4.78 is 38.0. The minimum absolute atomic E-state index is 0.0160. The van der Waals surface area contributed by atoms with Crippen LogP contribution in [0.1, 0.15) is 17.7 Å². The molecule has 2 N–H and O–H groups in total. The van der Waals surface area contributed by atoms with Crippen LogP contribution in [-0.2, 0) is 11.0 Å². The molecule has 1 amide bonds. The number of pyridine rings is 1. The summed E-state index contributed by atoms with van der Waals surface area (Å²) in [7, 11) is 0. The van der Waals surface area contributed by atoms with E-state index < -0.39 is 22.4 Å². The van der Waals surface area contributed by atoms with Crippen LogP contribution in [0.2, 0.25) is 0 Å². The van der Waals surface area contributed by atoms with Gasteiger partial charge in [0.1, 0.15) is 5.69 Å². The number of rotatable bonds is 6. The lowest BCUT2D eigenvalue weighted by Crippen LogP contribution is -2.17. The van der Waals surface area contributed by atoms with Gasteiger partial charge in [0.25, 0.3) is 5.69 Å². The monoisotopic (exact) mass is 368 g/mol. The van der Waals surface area contributed by atoms with Gasteiger partial charge in [0, 0.05) is 36.6 Å². The Kier molecular flexibility index (Phi) is 5.75. The number of amides is 1. The summed E-state index contributed by atoms with van der Waals surface area (Å²) in [6, 6.07) is 5.47. The first-order valence-corrected chi connectivity index (χ1v) is 7.49. The van der Waals surface area contributed by atoms with Crippen LogP contribution in [0.3, 0.4) is 0 Å². The average molecular weight is 368 g/mol. The first kappa shape index (κ1) is 19.2. The molecule has 0 aliphatic heterocycles. The Balaban J connectivity index is 1.98. The number of alkyl halides is 3. The normalized spacial score (nSPS) is 11.1. The summed E-state index contributed by atoms with van der Waals surface area (Å²) in [6.07, 6.45) is -3.17. The minimum Gasteiger partial charge on any atom is -0.379 e. The van der Waals surface area contributed by atoms with Crippen molar-refractivity contribution in [2.24, 2.45) is 0 Å². The molecule has 0 fully saturated rings. The second-order valence-electron chi connectivity index (χ2n) is 5.40. The Hall–Kier alpha value is -3.17. The number of nitro benzene ring substituents is 1. The second kappa shape index (κ2) is 7.81. The van der Waals surface area contributed by atoms with Gasteiger partial charge in [-0.25, -0.2) is 0 Å². The van der Waals surface area contributed by atoms with Crippen LogP contribution in [0.4, 0.5) is 30.2 Å². The van der Waals surface area contributed by atoms with E-state index in [1.807, 2.05) is 0 Å². The molecule has 1 heterocycles. The number of benzene rings is 1. The summed E-state index contributed by atoms with van der Waals surface area (Å²) in [4.78, 5) is 25.9. The van der Waals surface area contributed by atoms with E-state index >= 15 is 0 Å². The van der Waals surface area contributed by atoms with Crippen molar-refractivity contribution in [3.05, 3.63) is 57.9 Å². The molecule has 0 aliphatic rings. The number of nitro groups is 1. The number of aromatic nitrogens is 1. The van der Waals surface area contributed by atoms with E-state index in [0.717, 1.165) is 17.8 Å². The number of halogens is 3. The van der Waals surface area contributed by atoms with Crippen molar-refractivity contribution >= 4 is 23.0 Å². The third-order valence-corrected chi connectivity index (χ3v) is 3.37. The van der Waals surface area contributed by atoms with Gasteiger partial charge in [0.2, 0.25) is 5.91 Å². The maximum absolute atomic E-state index is 12.7. The molecular weight excluding hydrogens is 353 g/mol. The second-order valence-corrected chi connectivity index (χ2v) is 5.40. The number of nitrogens with one attached hydrogen (secondary N) is 2. The molecule has 10 heteroatoms. The largest absolute Gasteiger partial charge is 0.416 e. The van der Waals surface area contributed by atoms with Crippen molar-refractivity contribution in [3.8, 4) is 0 Å². The third kappa shape index (κ3) is 5.16. The molecule has 1 aromatic carbocycles. The number of hydrogen-bond donors (Lipinski definition) is 2. The molecule has 0 radical (unpaired) electrons. The number of carbonyl (C=O) groups excluding carboxylic acids is 1. The van der Waals surface area contributed by atoms with Crippen LogP contribution in [0.25, 0.3) is 0 Å². The first-order valence-electron chi connectivity index (χ1n) is 7.49. The fourth-order valence-corrected chi connectivity index (χ4v) is 2.17. The lowest BCUT2D eigenvalue weighted by Gasteiger charge is -2.11. The summed E-state index contributed by atoms with van der Waals surface area (Å²) in [6.45, 7) is 1.78. The SMILES string of the molecule is Cc1cc(NC(=O)CCNc2ccc(C(F)(F)F)cc2[N+](=O)[O-])ccn1. The van der Waals surface area contributed by atoms with Crippen molar-refractivity contribution < 1.29 is 22.9 Å². The van der Waals surface area contributed by atoms with Crippen molar-refractivity contribution in [3.63, 3.8) is 0 Å². The highest BCUT2D eigenvalue weighted by Gasteiger charge is 2.33. The van der Waals surface area contributed by atoms with Crippen molar-refractivity contribution in [1.29, 1.82) is 0 Å². The fraction of sp³-hybridized carbons (Fsp3) is 0.250. The van der Waals surface area contributed by atoms with E-state index in [0.29, 0.717) is 11.8 Å². The Morgan fingerprint density at radius 3 is 2.62 bits per heavy atom. The number of carbonyl (C=O) groups is 1. The highest BCUT2D eigenvalue weighted by atomic mass is 19.4.